The minimum atomic E-state index is -0.505. The molecule has 0 N–H and O–H groups in total. The number of rotatable bonds is 3. The van der Waals surface area contributed by atoms with E-state index in [1.165, 1.54) is 19.2 Å². The molecule has 2 rings (SSSR count). The number of ether oxygens (including phenoxy) is 1. The molecular weight excluding hydrogens is 274 g/mol. The van der Waals surface area contributed by atoms with Crippen LogP contribution in [-0.2, 0) is 0 Å². The minimum absolute atomic E-state index is 0.349. The van der Waals surface area contributed by atoms with E-state index in [0.717, 1.165) is 5.56 Å². The van der Waals surface area contributed by atoms with E-state index >= 15 is 0 Å². The summed E-state index contributed by atoms with van der Waals surface area (Å²) in [7, 11) is 1.53. The second-order valence-electron chi connectivity index (χ2n) is 3.80. The molecule has 4 heteroatoms. The molecule has 0 aliphatic rings. The smallest absolute Gasteiger partial charge is 0.124 e. The van der Waals surface area contributed by atoms with Crippen molar-refractivity contribution in [3.8, 4) is 5.75 Å². The molecule has 0 bridgehead atoms. The third-order valence-electron chi connectivity index (χ3n) is 2.61. The fourth-order valence-electron chi connectivity index (χ4n) is 1.75. The second kappa shape index (κ2) is 5.59. The van der Waals surface area contributed by atoms with Gasteiger partial charge in [0.2, 0.25) is 0 Å². The zero-order valence-electron chi connectivity index (χ0n) is 9.66. The largest absolute Gasteiger partial charge is 0.496 e. The van der Waals surface area contributed by atoms with Gasteiger partial charge in [-0.1, -0.05) is 23.7 Å². The number of hydrogen-bond acceptors (Lipinski definition) is 1. The SMILES string of the molecule is COc1ccc(F)cc1C(Cl)c1cccc(Cl)c1. The molecule has 0 spiro atoms. The third kappa shape index (κ3) is 2.77. The Balaban J connectivity index is 2.44. The van der Waals surface area contributed by atoms with Gasteiger partial charge in [-0.25, -0.2) is 4.39 Å². The van der Waals surface area contributed by atoms with Crippen LogP contribution in [0, 0.1) is 5.82 Å². The molecule has 1 nitrogen and oxygen atoms in total. The average molecular weight is 285 g/mol. The van der Waals surface area contributed by atoms with Crippen molar-refractivity contribution in [2.75, 3.05) is 7.11 Å². The molecule has 0 radical (unpaired) electrons. The molecule has 2 aromatic rings. The first-order valence-electron chi connectivity index (χ1n) is 5.35. The summed E-state index contributed by atoms with van der Waals surface area (Å²) in [4.78, 5) is 0. The van der Waals surface area contributed by atoms with Gasteiger partial charge in [-0.2, -0.15) is 0 Å². The number of methoxy groups -OCH3 is 1. The van der Waals surface area contributed by atoms with E-state index in [-0.39, 0.29) is 5.82 Å². The van der Waals surface area contributed by atoms with Crippen LogP contribution in [0.25, 0.3) is 0 Å². The maximum absolute atomic E-state index is 13.3. The Morgan fingerprint density at radius 3 is 2.61 bits per heavy atom. The van der Waals surface area contributed by atoms with E-state index in [0.29, 0.717) is 16.3 Å². The summed E-state index contributed by atoms with van der Waals surface area (Å²) in [5.41, 5.74) is 1.38. The Morgan fingerprint density at radius 1 is 1.17 bits per heavy atom. The van der Waals surface area contributed by atoms with Crippen molar-refractivity contribution < 1.29 is 9.13 Å². The lowest BCUT2D eigenvalue weighted by Crippen LogP contribution is -1.98. The summed E-state index contributed by atoms with van der Waals surface area (Å²) >= 11 is 12.3. The Bertz CT molecular complexity index is 557. The first-order chi connectivity index (χ1) is 8.61. The van der Waals surface area contributed by atoms with Crippen LogP contribution in [0.1, 0.15) is 16.5 Å². The standard InChI is InChI=1S/C14H11Cl2FO/c1-18-13-6-5-11(17)8-12(13)14(16)9-3-2-4-10(15)7-9/h2-8,14H,1H3. The molecular formula is C14H11Cl2FO. The molecule has 0 aliphatic heterocycles. The predicted molar refractivity (Wildman–Crippen MR) is 72.1 cm³/mol. The van der Waals surface area contributed by atoms with Crippen molar-refractivity contribution in [3.63, 3.8) is 0 Å². The molecule has 0 aliphatic carbocycles. The van der Waals surface area contributed by atoms with Crippen LogP contribution in [0.4, 0.5) is 4.39 Å². The van der Waals surface area contributed by atoms with Crippen LogP contribution in [-0.4, -0.2) is 7.11 Å². The lowest BCUT2D eigenvalue weighted by Gasteiger charge is -2.14. The van der Waals surface area contributed by atoms with Crippen molar-refractivity contribution in [1.82, 2.24) is 0 Å². The van der Waals surface area contributed by atoms with Crippen molar-refractivity contribution in [2.24, 2.45) is 0 Å². The highest BCUT2D eigenvalue weighted by atomic mass is 35.5. The maximum Gasteiger partial charge on any atom is 0.124 e. The van der Waals surface area contributed by atoms with E-state index in [1.807, 2.05) is 6.07 Å². The Labute approximate surface area is 115 Å². The average Bonchev–Trinajstić information content (AvgIpc) is 2.38. The van der Waals surface area contributed by atoms with E-state index in [4.69, 9.17) is 27.9 Å². The van der Waals surface area contributed by atoms with Gasteiger partial charge >= 0.3 is 0 Å². The third-order valence-corrected chi connectivity index (χ3v) is 3.33. The summed E-state index contributed by atoms with van der Waals surface area (Å²) in [6, 6.07) is 11.4. The monoisotopic (exact) mass is 284 g/mol. The fourth-order valence-corrected chi connectivity index (χ4v) is 2.25. The van der Waals surface area contributed by atoms with Crippen molar-refractivity contribution in [3.05, 3.63) is 64.4 Å². The summed E-state index contributed by atoms with van der Waals surface area (Å²) in [6.07, 6.45) is 0. The van der Waals surface area contributed by atoms with Crippen molar-refractivity contribution in [2.45, 2.75) is 5.38 Å². The first-order valence-corrected chi connectivity index (χ1v) is 6.16. The lowest BCUT2D eigenvalue weighted by atomic mass is 10.0. The lowest BCUT2D eigenvalue weighted by molar-refractivity contribution is 0.409. The highest BCUT2D eigenvalue weighted by Gasteiger charge is 2.16. The summed E-state index contributed by atoms with van der Waals surface area (Å²) in [5.74, 6) is 0.204. The van der Waals surface area contributed by atoms with E-state index in [9.17, 15) is 4.39 Å². The van der Waals surface area contributed by atoms with Gasteiger partial charge in [0.1, 0.15) is 11.6 Å². The van der Waals surface area contributed by atoms with Crippen molar-refractivity contribution >= 4 is 23.2 Å². The van der Waals surface area contributed by atoms with Crippen LogP contribution in [0.5, 0.6) is 5.75 Å². The molecule has 2 aromatic carbocycles. The van der Waals surface area contributed by atoms with Gasteiger partial charge in [0.25, 0.3) is 0 Å². The van der Waals surface area contributed by atoms with Gasteiger partial charge in [0.05, 0.1) is 12.5 Å². The number of benzene rings is 2. The van der Waals surface area contributed by atoms with Gasteiger partial charge in [-0.05, 0) is 35.9 Å². The van der Waals surface area contributed by atoms with Crippen LogP contribution in [0.2, 0.25) is 5.02 Å². The maximum atomic E-state index is 13.3. The molecule has 1 atom stereocenters. The Kier molecular flexibility index (Phi) is 4.10. The highest BCUT2D eigenvalue weighted by molar-refractivity contribution is 6.30. The summed E-state index contributed by atoms with van der Waals surface area (Å²) < 4.78 is 18.5. The molecule has 0 saturated heterocycles. The van der Waals surface area contributed by atoms with Gasteiger partial charge in [0.15, 0.2) is 0 Å². The van der Waals surface area contributed by atoms with E-state index in [1.54, 1.807) is 24.3 Å². The fraction of sp³-hybridized carbons (Fsp3) is 0.143. The second-order valence-corrected chi connectivity index (χ2v) is 4.68. The number of halogens is 3. The predicted octanol–water partition coefficient (Wildman–Crippen LogP) is 4.82. The summed E-state index contributed by atoms with van der Waals surface area (Å²) in [5, 5.41) is 0.0860. The van der Waals surface area contributed by atoms with Gasteiger partial charge in [0, 0.05) is 10.6 Å². The van der Waals surface area contributed by atoms with Crippen LogP contribution in [0.15, 0.2) is 42.5 Å². The Hall–Kier alpha value is -1.25. The molecule has 94 valence electrons. The topological polar surface area (TPSA) is 9.23 Å². The normalized spacial score (nSPS) is 12.2. The first kappa shape index (κ1) is 13.2. The van der Waals surface area contributed by atoms with Gasteiger partial charge < -0.3 is 4.74 Å². The van der Waals surface area contributed by atoms with Crippen LogP contribution < -0.4 is 4.74 Å². The number of hydrogen-bond donors (Lipinski definition) is 0. The van der Waals surface area contributed by atoms with E-state index in [2.05, 4.69) is 0 Å². The van der Waals surface area contributed by atoms with Gasteiger partial charge in [-0.3, -0.25) is 0 Å². The molecule has 0 aromatic heterocycles. The Morgan fingerprint density at radius 2 is 1.94 bits per heavy atom. The molecule has 1 unspecified atom stereocenters. The molecule has 0 saturated carbocycles. The zero-order chi connectivity index (χ0) is 13.1. The highest BCUT2D eigenvalue weighted by Crippen LogP contribution is 2.36. The van der Waals surface area contributed by atoms with Gasteiger partial charge in [-0.15, -0.1) is 11.6 Å². The molecule has 0 fully saturated rings. The zero-order valence-corrected chi connectivity index (χ0v) is 11.2. The molecule has 0 amide bonds. The quantitative estimate of drug-likeness (QED) is 0.735. The van der Waals surface area contributed by atoms with E-state index < -0.39 is 5.38 Å². The van der Waals surface area contributed by atoms with Crippen LogP contribution in [0.3, 0.4) is 0 Å². The van der Waals surface area contributed by atoms with Crippen LogP contribution >= 0.6 is 23.2 Å². The summed E-state index contributed by atoms with van der Waals surface area (Å²) in [6.45, 7) is 0. The molecule has 18 heavy (non-hydrogen) atoms. The number of alkyl halides is 1. The molecule has 0 heterocycles. The van der Waals surface area contributed by atoms with Crippen molar-refractivity contribution in [1.29, 1.82) is 0 Å². The minimum Gasteiger partial charge on any atom is -0.496 e.